The predicted molar refractivity (Wildman–Crippen MR) is 129 cm³/mol. The minimum Gasteiger partial charge on any atom is -0.355 e. The Kier molecular flexibility index (Phi) is 9.35. The van der Waals surface area contributed by atoms with Crippen molar-refractivity contribution in [2.75, 3.05) is 26.7 Å². The average Bonchev–Trinajstić information content (AvgIpc) is 3.22. The lowest BCUT2D eigenvalue weighted by atomic mass is 9.73. The Morgan fingerprint density at radius 2 is 1.96 bits per heavy atom. The molecule has 1 aliphatic heterocycles. The lowest BCUT2D eigenvalue weighted by Gasteiger charge is -2.38. The number of nitrogens with one attached hydrogen (secondary N) is 2. The second-order valence-corrected chi connectivity index (χ2v) is 9.24. The van der Waals surface area contributed by atoms with Gasteiger partial charge in [0.1, 0.15) is 0 Å². The highest BCUT2D eigenvalue weighted by Gasteiger charge is 2.35. The molecule has 1 aromatic rings. The molecule has 2 aliphatic rings. The Morgan fingerprint density at radius 1 is 1.26 bits per heavy atom. The molecule has 2 heterocycles. The summed E-state index contributed by atoms with van der Waals surface area (Å²) in [4.78, 5) is 8.64. The van der Waals surface area contributed by atoms with Crippen LogP contribution in [0.25, 0.3) is 0 Å². The highest BCUT2D eigenvalue weighted by atomic mass is 127. The topological polar surface area (TPSA) is 39.7 Å². The number of hydrogen-bond donors (Lipinski definition) is 2. The van der Waals surface area contributed by atoms with Gasteiger partial charge in [0, 0.05) is 49.1 Å². The van der Waals surface area contributed by atoms with Crippen molar-refractivity contribution in [1.29, 1.82) is 0 Å². The molecule has 27 heavy (non-hydrogen) atoms. The Balaban J connectivity index is 0.00000261. The highest BCUT2D eigenvalue weighted by molar-refractivity contribution is 14.0. The first-order valence-electron chi connectivity index (χ1n) is 10.4. The highest BCUT2D eigenvalue weighted by Crippen LogP contribution is 2.41. The van der Waals surface area contributed by atoms with Crippen molar-refractivity contribution in [3.05, 3.63) is 22.4 Å². The van der Waals surface area contributed by atoms with Gasteiger partial charge in [-0.2, -0.15) is 0 Å². The summed E-state index contributed by atoms with van der Waals surface area (Å²) < 4.78 is 0. The quantitative estimate of drug-likeness (QED) is 0.350. The zero-order valence-electron chi connectivity index (χ0n) is 17.2. The lowest BCUT2D eigenvalue weighted by Crippen LogP contribution is -2.52. The maximum absolute atomic E-state index is 4.52. The zero-order valence-corrected chi connectivity index (χ0v) is 20.3. The third-order valence-corrected chi connectivity index (χ3v) is 7.39. The minimum absolute atomic E-state index is 0. The van der Waals surface area contributed by atoms with Crippen molar-refractivity contribution in [2.45, 2.75) is 76.3 Å². The van der Waals surface area contributed by atoms with Crippen molar-refractivity contribution in [3.63, 3.8) is 0 Å². The summed E-state index contributed by atoms with van der Waals surface area (Å²) in [6.45, 7) is 7.96. The van der Waals surface area contributed by atoms with E-state index in [0.29, 0.717) is 17.5 Å². The largest absolute Gasteiger partial charge is 0.355 e. The van der Waals surface area contributed by atoms with Gasteiger partial charge in [0.05, 0.1) is 0 Å². The van der Waals surface area contributed by atoms with Crippen molar-refractivity contribution in [1.82, 2.24) is 15.5 Å². The van der Waals surface area contributed by atoms with Gasteiger partial charge in [-0.3, -0.25) is 4.99 Å². The molecule has 0 radical (unpaired) electrons. The number of aliphatic imine (C=N–C) groups is 1. The fraction of sp³-hybridized carbons (Fsp3) is 0.762. The van der Waals surface area contributed by atoms with Gasteiger partial charge in [-0.1, -0.05) is 25.3 Å². The maximum atomic E-state index is 4.52. The summed E-state index contributed by atoms with van der Waals surface area (Å²) in [5.74, 6) is 0.981. The van der Waals surface area contributed by atoms with Crippen LogP contribution in [-0.2, 0) is 5.41 Å². The Bertz CT molecular complexity index is 559. The van der Waals surface area contributed by atoms with Crippen molar-refractivity contribution < 1.29 is 0 Å². The van der Waals surface area contributed by atoms with E-state index in [4.69, 9.17) is 0 Å². The molecule has 154 valence electrons. The van der Waals surface area contributed by atoms with E-state index >= 15 is 0 Å². The number of nitrogens with zero attached hydrogens (tertiary/aromatic N) is 2. The molecule has 1 aromatic heterocycles. The molecule has 1 saturated carbocycles. The van der Waals surface area contributed by atoms with E-state index in [9.17, 15) is 0 Å². The van der Waals surface area contributed by atoms with E-state index in [1.165, 1.54) is 58.0 Å². The molecule has 3 rings (SSSR count). The summed E-state index contributed by atoms with van der Waals surface area (Å²) in [5.41, 5.74) is 0.297. The molecule has 2 N–H and O–H groups in total. The van der Waals surface area contributed by atoms with Gasteiger partial charge >= 0.3 is 0 Å². The fourth-order valence-corrected chi connectivity index (χ4v) is 5.51. The lowest BCUT2D eigenvalue weighted by molar-refractivity contribution is 0.167. The molecular weight excluding hydrogens is 467 g/mol. The van der Waals surface area contributed by atoms with Gasteiger partial charge in [-0.05, 0) is 51.0 Å². The minimum atomic E-state index is 0. The SMILES string of the molecule is CN=C(NCC1(c2cccs2)CCCCC1)NC1CCN(C(C)C)CC1.I. The van der Waals surface area contributed by atoms with Gasteiger partial charge in [-0.15, -0.1) is 35.3 Å². The molecular formula is C21H37IN4S. The molecule has 0 unspecified atom stereocenters. The third kappa shape index (κ3) is 6.07. The molecule has 1 aliphatic carbocycles. The molecule has 0 bridgehead atoms. The van der Waals surface area contributed by atoms with E-state index in [1.54, 1.807) is 4.88 Å². The Labute approximate surface area is 186 Å². The van der Waals surface area contributed by atoms with E-state index in [-0.39, 0.29) is 24.0 Å². The molecule has 0 spiro atoms. The van der Waals surface area contributed by atoms with Crippen molar-refractivity contribution >= 4 is 41.3 Å². The van der Waals surface area contributed by atoms with Crippen molar-refractivity contribution in [2.24, 2.45) is 4.99 Å². The smallest absolute Gasteiger partial charge is 0.191 e. The van der Waals surface area contributed by atoms with Gasteiger partial charge in [0.25, 0.3) is 0 Å². The molecule has 1 saturated heterocycles. The average molecular weight is 505 g/mol. The number of thiophene rings is 1. The van der Waals surface area contributed by atoms with Gasteiger partial charge < -0.3 is 15.5 Å². The van der Waals surface area contributed by atoms with Crippen LogP contribution in [0.15, 0.2) is 22.5 Å². The summed E-state index contributed by atoms with van der Waals surface area (Å²) in [6, 6.07) is 5.73. The van der Waals surface area contributed by atoms with Crippen LogP contribution in [0, 0.1) is 0 Å². The van der Waals surface area contributed by atoms with E-state index in [0.717, 1.165) is 12.5 Å². The fourth-order valence-electron chi connectivity index (χ4n) is 4.52. The van der Waals surface area contributed by atoms with Crippen LogP contribution >= 0.6 is 35.3 Å². The van der Waals surface area contributed by atoms with Crippen LogP contribution in [0.2, 0.25) is 0 Å². The van der Waals surface area contributed by atoms with Crippen molar-refractivity contribution in [3.8, 4) is 0 Å². The summed E-state index contributed by atoms with van der Waals surface area (Å²) in [5, 5.41) is 9.59. The molecule has 4 nitrogen and oxygen atoms in total. The molecule has 6 heteroatoms. The van der Waals surface area contributed by atoms with Gasteiger partial charge in [0.15, 0.2) is 5.96 Å². The summed E-state index contributed by atoms with van der Waals surface area (Å²) in [7, 11) is 1.90. The second kappa shape index (κ2) is 11.0. The number of halogens is 1. The number of hydrogen-bond acceptors (Lipinski definition) is 3. The van der Waals surface area contributed by atoms with E-state index in [1.807, 2.05) is 18.4 Å². The Morgan fingerprint density at radius 3 is 2.52 bits per heavy atom. The summed E-state index contributed by atoms with van der Waals surface area (Å²) in [6.07, 6.45) is 9.07. The van der Waals surface area contributed by atoms with Crippen LogP contribution in [-0.4, -0.2) is 49.6 Å². The molecule has 0 atom stereocenters. The van der Waals surface area contributed by atoms with E-state index < -0.39 is 0 Å². The Hall–Kier alpha value is -0.340. The number of piperidine rings is 1. The number of guanidine groups is 1. The maximum Gasteiger partial charge on any atom is 0.191 e. The van der Waals surface area contributed by atoms with Crippen LogP contribution in [0.5, 0.6) is 0 Å². The third-order valence-electron chi connectivity index (χ3n) is 6.27. The standard InChI is InChI=1S/C21H36N4S.HI/c1-17(2)25-13-9-18(10-14-25)24-20(22-3)23-16-21(11-5-4-6-12-21)19-8-7-15-26-19;/h7-8,15,17-18H,4-6,9-14,16H2,1-3H3,(H2,22,23,24);1H. The first-order valence-corrected chi connectivity index (χ1v) is 11.3. The predicted octanol–water partition coefficient (Wildman–Crippen LogP) is 4.61. The first-order chi connectivity index (χ1) is 12.6. The number of likely N-dealkylation sites (tertiary alicyclic amines) is 1. The van der Waals surface area contributed by atoms with Crippen LogP contribution in [0.1, 0.15) is 63.7 Å². The number of rotatable bonds is 5. The molecule has 0 aromatic carbocycles. The van der Waals surface area contributed by atoms with Crippen LogP contribution < -0.4 is 10.6 Å². The monoisotopic (exact) mass is 504 g/mol. The second-order valence-electron chi connectivity index (χ2n) is 8.29. The summed E-state index contributed by atoms with van der Waals surface area (Å²) >= 11 is 1.92. The molecule has 2 fully saturated rings. The van der Waals surface area contributed by atoms with E-state index in [2.05, 4.69) is 51.9 Å². The zero-order chi connectivity index (χ0) is 18.4. The van der Waals surface area contributed by atoms with Crippen LogP contribution in [0.3, 0.4) is 0 Å². The molecule has 0 amide bonds. The normalized spacial score (nSPS) is 21.7. The van der Waals surface area contributed by atoms with Crippen LogP contribution in [0.4, 0.5) is 0 Å². The first kappa shape index (κ1) is 22.9. The van der Waals surface area contributed by atoms with Gasteiger partial charge in [-0.25, -0.2) is 0 Å². The van der Waals surface area contributed by atoms with Gasteiger partial charge in [0.2, 0.25) is 0 Å².